The molecule has 0 radical (unpaired) electrons. The maximum absolute atomic E-state index is 5.39. The van der Waals surface area contributed by atoms with Crippen LogP contribution in [0.3, 0.4) is 0 Å². The second kappa shape index (κ2) is 4.93. The fraction of sp³-hybridized carbons (Fsp3) is 0.600. The van der Waals surface area contributed by atoms with Gasteiger partial charge in [-0.15, -0.1) is 0 Å². The fourth-order valence-electron chi connectivity index (χ4n) is 1.11. The molecule has 0 amide bonds. The Morgan fingerprint density at radius 1 is 1.27 bits per heavy atom. The molecule has 1 rings (SSSR count). The van der Waals surface area contributed by atoms with Gasteiger partial charge in [-0.1, -0.05) is 0 Å². The molecule has 0 aromatic carbocycles. The monoisotopic (exact) mass is 209 g/mol. The number of aromatic nitrogens is 2. The third kappa shape index (κ3) is 4.60. The van der Waals surface area contributed by atoms with E-state index in [1.54, 1.807) is 0 Å². The predicted octanol–water partition coefficient (Wildman–Crippen LogP) is 1.06. The minimum atomic E-state index is -0.000505. The molecule has 1 aromatic heterocycles. The molecular formula is C10H19N5. The highest BCUT2D eigenvalue weighted by atomic mass is 15.1. The van der Waals surface area contributed by atoms with Gasteiger partial charge in [-0.05, 0) is 20.8 Å². The summed E-state index contributed by atoms with van der Waals surface area (Å²) < 4.78 is 0. The van der Waals surface area contributed by atoms with Gasteiger partial charge < -0.3 is 16.4 Å². The van der Waals surface area contributed by atoms with E-state index in [1.165, 1.54) is 6.33 Å². The lowest BCUT2D eigenvalue weighted by molar-refractivity contribution is 0.630. The lowest BCUT2D eigenvalue weighted by Crippen LogP contribution is -2.26. The highest BCUT2D eigenvalue weighted by Gasteiger charge is 2.10. The number of rotatable bonds is 4. The van der Waals surface area contributed by atoms with Gasteiger partial charge in [-0.25, -0.2) is 9.97 Å². The summed E-state index contributed by atoms with van der Waals surface area (Å²) in [4.78, 5) is 8.23. The highest BCUT2D eigenvalue weighted by molar-refractivity contribution is 5.47. The number of hydrogen-bond donors (Lipinski definition) is 3. The van der Waals surface area contributed by atoms with Gasteiger partial charge in [-0.3, -0.25) is 0 Å². The highest BCUT2D eigenvalue weighted by Crippen LogP contribution is 2.13. The quantitative estimate of drug-likeness (QED) is 0.691. The molecule has 84 valence electrons. The Morgan fingerprint density at radius 2 is 1.93 bits per heavy atom. The molecule has 1 heterocycles. The molecule has 0 bridgehead atoms. The van der Waals surface area contributed by atoms with E-state index in [1.807, 2.05) is 6.07 Å². The number of nitrogens with two attached hydrogens (primary N) is 1. The van der Waals surface area contributed by atoms with Crippen molar-refractivity contribution in [1.82, 2.24) is 9.97 Å². The van der Waals surface area contributed by atoms with Crippen molar-refractivity contribution >= 4 is 11.6 Å². The average molecular weight is 209 g/mol. The zero-order valence-electron chi connectivity index (χ0n) is 9.54. The van der Waals surface area contributed by atoms with E-state index in [0.717, 1.165) is 11.6 Å². The summed E-state index contributed by atoms with van der Waals surface area (Å²) in [6.45, 7) is 7.56. The van der Waals surface area contributed by atoms with Crippen LogP contribution < -0.4 is 16.4 Å². The van der Waals surface area contributed by atoms with Gasteiger partial charge in [0.05, 0.1) is 0 Å². The van der Waals surface area contributed by atoms with Gasteiger partial charge >= 0.3 is 0 Å². The maximum atomic E-state index is 5.39. The van der Waals surface area contributed by atoms with E-state index in [4.69, 9.17) is 5.73 Å². The Labute approximate surface area is 90.5 Å². The van der Waals surface area contributed by atoms with Crippen LogP contribution in [0, 0.1) is 0 Å². The molecule has 0 spiro atoms. The third-order valence-electron chi connectivity index (χ3n) is 1.62. The SMILES string of the molecule is CC(C)(C)Nc1cc(NCCN)ncn1. The largest absolute Gasteiger partial charge is 0.369 e. The first kappa shape index (κ1) is 11.7. The topological polar surface area (TPSA) is 75.9 Å². The first-order valence-corrected chi connectivity index (χ1v) is 5.05. The van der Waals surface area contributed by atoms with Crippen LogP contribution in [0.25, 0.3) is 0 Å². The molecule has 0 fully saturated rings. The van der Waals surface area contributed by atoms with E-state index < -0.39 is 0 Å². The third-order valence-corrected chi connectivity index (χ3v) is 1.62. The fourth-order valence-corrected chi connectivity index (χ4v) is 1.11. The summed E-state index contributed by atoms with van der Waals surface area (Å²) in [7, 11) is 0. The van der Waals surface area contributed by atoms with Gasteiger partial charge in [0.15, 0.2) is 0 Å². The second-order valence-electron chi connectivity index (χ2n) is 4.38. The van der Waals surface area contributed by atoms with Gasteiger partial charge in [0.1, 0.15) is 18.0 Å². The smallest absolute Gasteiger partial charge is 0.131 e. The van der Waals surface area contributed by atoms with Gasteiger partial charge in [0, 0.05) is 24.7 Å². The van der Waals surface area contributed by atoms with Gasteiger partial charge in [0.25, 0.3) is 0 Å². The normalized spacial score (nSPS) is 11.2. The molecule has 0 aliphatic carbocycles. The first-order valence-electron chi connectivity index (χ1n) is 5.05. The molecule has 1 aromatic rings. The van der Waals surface area contributed by atoms with Crippen molar-refractivity contribution in [3.8, 4) is 0 Å². The molecule has 5 nitrogen and oxygen atoms in total. The minimum Gasteiger partial charge on any atom is -0.369 e. The second-order valence-corrected chi connectivity index (χ2v) is 4.38. The Hall–Kier alpha value is -1.36. The molecule has 0 saturated heterocycles. The van der Waals surface area contributed by atoms with Crippen LogP contribution in [0.1, 0.15) is 20.8 Å². The van der Waals surface area contributed by atoms with Crippen LogP contribution in [-0.4, -0.2) is 28.6 Å². The van der Waals surface area contributed by atoms with E-state index >= 15 is 0 Å². The number of nitrogens with one attached hydrogen (secondary N) is 2. The molecule has 5 heteroatoms. The minimum absolute atomic E-state index is 0.000505. The molecule has 0 unspecified atom stereocenters. The van der Waals surface area contributed by atoms with Crippen LogP contribution >= 0.6 is 0 Å². The molecule has 0 atom stereocenters. The molecular weight excluding hydrogens is 190 g/mol. The van der Waals surface area contributed by atoms with Crippen LogP contribution in [0.15, 0.2) is 12.4 Å². The van der Waals surface area contributed by atoms with Crippen molar-refractivity contribution in [2.75, 3.05) is 23.7 Å². The summed E-state index contributed by atoms with van der Waals surface area (Å²) in [6.07, 6.45) is 1.53. The Kier molecular flexibility index (Phi) is 3.85. The van der Waals surface area contributed by atoms with Crippen LogP contribution in [0.5, 0.6) is 0 Å². The molecule has 0 aliphatic rings. The van der Waals surface area contributed by atoms with Crippen molar-refractivity contribution in [1.29, 1.82) is 0 Å². The Bertz CT molecular complexity index is 305. The number of hydrogen-bond acceptors (Lipinski definition) is 5. The van der Waals surface area contributed by atoms with Crippen LogP contribution in [-0.2, 0) is 0 Å². The summed E-state index contributed by atoms with van der Waals surface area (Å²) in [6, 6.07) is 1.88. The lowest BCUT2D eigenvalue weighted by atomic mass is 10.1. The molecule has 0 saturated carbocycles. The molecule has 15 heavy (non-hydrogen) atoms. The van der Waals surface area contributed by atoms with E-state index in [-0.39, 0.29) is 5.54 Å². The number of anilines is 2. The summed E-state index contributed by atoms with van der Waals surface area (Å²) in [5.41, 5.74) is 5.39. The maximum Gasteiger partial charge on any atom is 0.131 e. The zero-order chi connectivity index (χ0) is 11.3. The standard InChI is InChI=1S/C10H19N5/c1-10(2,3)15-9-6-8(12-5-4-11)13-7-14-9/h6-7H,4-5,11H2,1-3H3,(H2,12,13,14,15). The Balaban J connectivity index is 2.66. The molecule has 0 aliphatic heterocycles. The van der Waals surface area contributed by atoms with Crippen molar-refractivity contribution in [2.24, 2.45) is 5.73 Å². The number of nitrogens with zero attached hydrogens (tertiary/aromatic N) is 2. The lowest BCUT2D eigenvalue weighted by Gasteiger charge is -2.21. The van der Waals surface area contributed by atoms with Crippen LogP contribution in [0.4, 0.5) is 11.6 Å². The predicted molar refractivity (Wildman–Crippen MR) is 63.0 cm³/mol. The van der Waals surface area contributed by atoms with Crippen LogP contribution in [0.2, 0.25) is 0 Å². The van der Waals surface area contributed by atoms with Gasteiger partial charge in [-0.2, -0.15) is 0 Å². The van der Waals surface area contributed by atoms with E-state index in [0.29, 0.717) is 13.1 Å². The van der Waals surface area contributed by atoms with Crippen molar-refractivity contribution in [3.05, 3.63) is 12.4 Å². The summed E-state index contributed by atoms with van der Waals surface area (Å²) >= 11 is 0. The van der Waals surface area contributed by atoms with Crippen molar-refractivity contribution in [2.45, 2.75) is 26.3 Å². The average Bonchev–Trinajstić information content (AvgIpc) is 2.12. The van der Waals surface area contributed by atoms with Crippen molar-refractivity contribution in [3.63, 3.8) is 0 Å². The molecule has 4 N–H and O–H groups in total. The van der Waals surface area contributed by atoms with Crippen molar-refractivity contribution < 1.29 is 0 Å². The zero-order valence-corrected chi connectivity index (χ0v) is 9.54. The van der Waals surface area contributed by atoms with E-state index in [9.17, 15) is 0 Å². The summed E-state index contributed by atoms with van der Waals surface area (Å²) in [5, 5.41) is 6.38. The Morgan fingerprint density at radius 3 is 2.53 bits per heavy atom. The first-order chi connectivity index (χ1) is 7.01. The van der Waals surface area contributed by atoms with Gasteiger partial charge in [0.2, 0.25) is 0 Å². The summed E-state index contributed by atoms with van der Waals surface area (Å²) in [5.74, 6) is 1.61. The van der Waals surface area contributed by atoms with E-state index in [2.05, 4.69) is 41.4 Å².